The molecule has 1 rings (SSSR count). The van der Waals surface area contributed by atoms with Gasteiger partial charge in [-0.2, -0.15) is 0 Å². The summed E-state index contributed by atoms with van der Waals surface area (Å²) < 4.78 is 10.4. The number of carbonyl (C=O) groups is 1. The third-order valence-corrected chi connectivity index (χ3v) is 3.11. The van der Waals surface area contributed by atoms with E-state index in [1.165, 1.54) is 12.8 Å². The lowest BCUT2D eigenvalue weighted by Crippen LogP contribution is -2.15. The van der Waals surface area contributed by atoms with Crippen molar-refractivity contribution in [3.8, 4) is 5.75 Å². The minimum atomic E-state index is -0.330. The molecule has 0 aliphatic heterocycles. The molecule has 0 aliphatic carbocycles. The normalized spacial score (nSPS) is 10.6. The van der Waals surface area contributed by atoms with Crippen LogP contribution < -0.4 is 4.74 Å². The van der Waals surface area contributed by atoms with Crippen molar-refractivity contribution in [1.29, 1.82) is 0 Å². The zero-order valence-electron chi connectivity index (χ0n) is 12.2. The highest BCUT2D eigenvalue weighted by Gasteiger charge is 2.04. The van der Waals surface area contributed by atoms with Gasteiger partial charge in [-0.25, -0.2) is 4.79 Å². The van der Waals surface area contributed by atoms with Crippen LogP contribution in [0.3, 0.4) is 0 Å². The number of carbonyl (C=O) groups excluding carboxylic acids is 1. The number of benzene rings is 1. The SMILES string of the molecule is CC(C)CCCCCOC(=O)COc1ccc(Cl)cc1. The van der Waals surface area contributed by atoms with Gasteiger partial charge in [-0.15, -0.1) is 0 Å². The molecule has 112 valence electrons. The Balaban J connectivity index is 2.04. The van der Waals surface area contributed by atoms with Crippen LogP contribution in [-0.4, -0.2) is 19.2 Å². The van der Waals surface area contributed by atoms with E-state index >= 15 is 0 Å². The molecule has 1 aromatic carbocycles. The Morgan fingerprint density at radius 1 is 1.15 bits per heavy atom. The second-order valence-electron chi connectivity index (χ2n) is 5.21. The van der Waals surface area contributed by atoms with Gasteiger partial charge in [-0.1, -0.05) is 44.7 Å². The summed E-state index contributed by atoms with van der Waals surface area (Å²) in [4.78, 5) is 11.5. The van der Waals surface area contributed by atoms with E-state index < -0.39 is 0 Å². The minimum Gasteiger partial charge on any atom is -0.482 e. The van der Waals surface area contributed by atoms with Gasteiger partial charge in [0.2, 0.25) is 0 Å². The lowest BCUT2D eigenvalue weighted by atomic mass is 10.1. The molecule has 0 fully saturated rings. The van der Waals surface area contributed by atoms with Crippen LogP contribution in [0, 0.1) is 5.92 Å². The van der Waals surface area contributed by atoms with Crippen molar-refractivity contribution in [2.45, 2.75) is 39.5 Å². The summed E-state index contributed by atoms with van der Waals surface area (Å²) in [7, 11) is 0. The molecule has 0 amide bonds. The van der Waals surface area contributed by atoms with E-state index in [2.05, 4.69) is 13.8 Å². The Morgan fingerprint density at radius 3 is 2.50 bits per heavy atom. The van der Waals surface area contributed by atoms with E-state index in [0.29, 0.717) is 17.4 Å². The quantitative estimate of drug-likeness (QED) is 0.498. The fourth-order valence-electron chi connectivity index (χ4n) is 1.73. The van der Waals surface area contributed by atoms with Crippen molar-refractivity contribution in [2.75, 3.05) is 13.2 Å². The van der Waals surface area contributed by atoms with E-state index in [0.717, 1.165) is 18.8 Å². The predicted molar refractivity (Wildman–Crippen MR) is 81.2 cm³/mol. The summed E-state index contributed by atoms with van der Waals surface area (Å²) >= 11 is 5.76. The van der Waals surface area contributed by atoms with E-state index in [4.69, 9.17) is 21.1 Å². The molecule has 0 N–H and O–H groups in total. The van der Waals surface area contributed by atoms with Crippen LogP contribution in [-0.2, 0) is 9.53 Å². The highest BCUT2D eigenvalue weighted by molar-refractivity contribution is 6.30. The van der Waals surface area contributed by atoms with E-state index in [1.54, 1.807) is 24.3 Å². The maximum absolute atomic E-state index is 11.5. The number of hydrogen-bond acceptors (Lipinski definition) is 3. The maximum atomic E-state index is 11.5. The number of hydrogen-bond donors (Lipinski definition) is 0. The van der Waals surface area contributed by atoms with Crippen LogP contribution in [0.5, 0.6) is 5.75 Å². The zero-order chi connectivity index (χ0) is 14.8. The van der Waals surface area contributed by atoms with Crippen molar-refractivity contribution >= 4 is 17.6 Å². The Morgan fingerprint density at radius 2 is 1.85 bits per heavy atom. The lowest BCUT2D eigenvalue weighted by molar-refractivity contribution is -0.146. The van der Waals surface area contributed by atoms with Gasteiger partial charge in [0.05, 0.1) is 6.61 Å². The van der Waals surface area contributed by atoms with E-state index in [-0.39, 0.29) is 12.6 Å². The molecular weight excluding hydrogens is 276 g/mol. The molecule has 0 radical (unpaired) electrons. The second-order valence-corrected chi connectivity index (χ2v) is 5.64. The van der Waals surface area contributed by atoms with Gasteiger partial charge in [0, 0.05) is 5.02 Å². The summed E-state index contributed by atoms with van der Waals surface area (Å²) in [5.74, 6) is 1.03. The van der Waals surface area contributed by atoms with Crippen molar-refractivity contribution in [3.05, 3.63) is 29.3 Å². The summed E-state index contributed by atoms with van der Waals surface area (Å²) in [6.45, 7) is 4.84. The fourth-order valence-corrected chi connectivity index (χ4v) is 1.86. The van der Waals surface area contributed by atoms with E-state index in [1.807, 2.05) is 0 Å². The van der Waals surface area contributed by atoms with Crippen molar-refractivity contribution in [1.82, 2.24) is 0 Å². The van der Waals surface area contributed by atoms with Gasteiger partial charge in [0.15, 0.2) is 6.61 Å². The van der Waals surface area contributed by atoms with Gasteiger partial charge in [0.25, 0.3) is 0 Å². The number of rotatable bonds is 9. The third kappa shape index (κ3) is 8.05. The summed E-state index contributed by atoms with van der Waals surface area (Å²) in [5, 5.41) is 0.640. The number of unbranched alkanes of at least 4 members (excludes halogenated alkanes) is 2. The third-order valence-electron chi connectivity index (χ3n) is 2.86. The summed E-state index contributed by atoms with van der Waals surface area (Å²) in [6, 6.07) is 6.89. The maximum Gasteiger partial charge on any atom is 0.344 e. The number of ether oxygens (including phenoxy) is 2. The topological polar surface area (TPSA) is 35.5 Å². The molecule has 0 saturated carbocycles. The molecule has 0 unspecified atom stereocenters. The first-order valence-corrected chi connectivity index (χ1v) is 7.49. The van der Waals surface area contributed by atoms with Crippen LogP contribution in [0.15, 0.2) is 24.3 Å². The Hall–Kier alpha value is -1.22. The van der Waals surface area contributed by atoms with Crippen molar-refractivity contribution in [3.63, 3.8) is 0 Å². The first-order chi connectivity index (χ1) is 9.58. The molecule has 3 nitrogen and oxygen atoms in total. The minimum absolute atomic E-state index is 0.0619. The Labute approximate surface area is 126 Å². The molecule has 1 aromatic rings. The first-order valence-electron chi connectivity index (χ1n) is 7.12. The Kier molecular flexibility index (Phi) is 8.12. The standard InChI is InChI=1S/C16H23ClO3/c1-13(2)6-4-3-5-11-19-16(18)12-20-15-9-7-14(17)8-10-15/h7-10,13H,3-6,11-12H2,1-2H3. The van der Waals surface area contributed by atoms with Gasteiger partial charge < -0.3 is 9.47 Å². The van der Waals surface area contributed by atoms with Crippen molar-refractivity contribution < 1.29 is 14.3 Å². The molecule has 0 bridgehead atoms. The van der Waals surface area contributed by atoms with Gasteiger partial charge in [-0.3, -0.25) is 0 Å². The smallest absolute Gasteiger partial charge is 0.344 e. The highest BCUT2D eigenvalue weighted by atomic mass is 35.5. The molecule has 0 saturated heterocycles. The molecular formula is C16H23ClO3. The second kappa shape index (κ2) is 9.65. The van der Waals surface area contributed by atoms with Gasteiger partial charge >= 0.3 is 5.97 Å². The highest BCUT2D eigenvalue weighted by Crippen LogP contribution is 2.15. The average molecular weight is 299 g/mol. The van der Waals surface area contributed by atoms with Crippen LogP contribution in [0.1, 0.15) is 39.5 Å². The molecule has 0 aromatic heterocycles. The summed E-state index contributed by atoms with van der Waals surface area (Å²) in [6.07, 6.45) is 4.44. The van der Waals surface area contributed by atoms with Crippen LogP contribution in [0.25, 0.3) is 0 Å². The first kappa shape index (κ1) is 16.8. The number of halogens is 1. The fraction of sp³-hybridized carbons (Fsp3) is 0.562. The van der Waals surface area contributed by atoms with Gasteiger partial charge in [0.1, 0.15) is 5.75 Å². The number of esters is 1. The molecule has 0 atom stereocenters. The zero-order valence-corrected chi connectivity index (χ0v) is 13.0. The monoisotopic (exact) mass is 298 g/mol. The van der Waals surface area contributed by atoms with Crippen LogP contribution >= 0.6 is 11.6 Å². The molecule has 20 heavy (non-hydrogen) atoms. The molecule has 0 heterocycles. The van der Waals surface area contributed by atoms with Crippen LogP contribution in [0.2, 0.25) is 5.02 Å². The predicted octanol–water partition coefficient (Wildman–Crippen LogP) is 4.48. The van der Waals surface area contributed by atoms with E-state index in [9.17, 15) is 4.79 Å². The average Bonchev–Trinajstić information content (AvgIpc) is 2.41. The molecule has 0 spiro atoms. The Bertz CT molecular complexity index is 387. The summed E-state index contributed by atoms with van der Waals surface area (Å²) in [5.41, 5.74) is 0. The lowest BCUT2D eigenvalue weighted by Gasteiger charge is -2.07. The van der Waals surface area contributed by atoms with Gasteiger partial charge in [-0.05, 0) is 36.6 Å². The molecule has 0 aliphatic rings. The van der Waals surface area contributed by atoms with Crippen LogP contribution in [0.4, 0.5) is 0 Å². The molecule has 4 heteroatoms. The largest absolute Gasteiger partial charge is 0.482 e. The van der Waals surface area contributed by atoms with Crippen molar-refractivity contribution in [2.24, 2.45) is 5.92 Å².